The third-order valence-corrected chi connectivity index (χ3v) is 4.71. The highest BCUT2D eigenvalue weighted by Crippen LogP contribution is 2.30. The number of rotatable bonds is 5. The van der Waals surface area contributed by atoms with Gasteiger partial charge >= 0.3 is 0 Å². The monoisotopic (exact) mass is 370 g/mol. The summed E-state index contributed by atoms with van der Waals surface area (Å²) in [5.74, 6) is 0.404. The lowest BCUT2D eigenvalue weighted by molar-refractivity contribution is -0.121. The second-order valence-electron chi connectivity index (χ2n) is 7.05. The highest BCUT2D eigenvalue weighted by atomic mass is 35.5. The zero-order valence-corrected chi connectivity index (χ0v) is 15.8. The topological polar surface area (TPSA) is 49.4 Å². The van der Waals surface area contributed by atoms with Crippen LogP contribution in [0.3, 0.4) is 0 Å². The van der Waals surface area contributed by atoms with Gasteiger partial charge < -0.3 is 10.2 Å². The van der Waals surface area contributed by atoms with Gasteiger partial charge in [-0.1, -0.05) is 37.6 Å². The number of anilines is 1. The summed E-state index contributed by atoms with van der Waals surface area (Å²) in [6, 6.07) is 13.0. The number of fused-ring (bicyclic) bond motifs is 1. The first-order chi connectivity index (χ1) is 12.4. The number of nitrogens with zero attached hydrogens (tertiary/aromatic N) is 1. The number of carbonyl (C=O) groups is 2. The largest absolute Gasteiger partial charge is 0.352 e. The van der Waals surface area contributed by atoms with Crippen LogP contribution in [0.1, 0.15) is 41.8 Å². The van der Waals surface area contributed by atoms with Crippen LogP contribution >= 0.6 is 11.6 Å². The fourth-order valence-corrected chi connectivity index (χ4v) is 3.29. The van der Waals surface area contributed by atoms with E-state index in [-0.39, 0.29) is 11.8 Å². The molecule has 2 aromatic carbocycles. The molecule has 5 heteroatoms. The van der Waals surface area contributed by atoms with Gasteiger partial charge in [0.1, 0.15) is 0 Å². The standard InChI is InChI=1S/C21H23ClN2O2/c1-14(2)11-20(25)23-13-15-3-8-19-17(12-15)9-10-24(19)21(26)16-4-6-18(22)7-5-16/h3-8,12,14H,9-11,13H2,1-2H3,(H,23,25). The van der Waals surface area contributed by atoms with Gasteiger partial charge in [0.05, 0.1) is 0 Å². The minimum atomic E-state index is -0.0154. The molecule has 3 rings (SSSR count). The number of hydrogen-bond acceptors (Lipinski definition) is 2. The lowest BCUT2D eigenvalue weighted by Crippen LogP contribution is -2.28. The SMILES string of the molecule is CC(C)CC(=O)NCc1ccc2c(c1)CCN2C(=O)c1ccc(Cl)cc1. The summed E-state index contributed by atoms with van der Waals surface area (Å²) in [6.45, 7) is 5.24. The van der Waals surface area contributed by atoms with Crippen molar-refractivity contribution in [3.63, 3.8) is 0 Å². The molecule has 1 aliphatic heterocycles. The van der Waals surface area contributed by atoms with E-state index in [1.54, 1.807) is 29.2 Å². The number of hydrogen-bond donors (Lipinski definition) is 1. The van der Waals surface area contributed by atoms with Gasteiger partial charge in [0, 0.05) is 35.8 Å². The Morgan fingerprint density at radius 2 is 1.88 bits per heavy atom. The average Bonchev–Trinajstić information content (AvgIpc) is 3.02. The molecule has 0 saturated carbocycles. The normalized spacial score (nSPS) is 13.0. The van der Waals surface area contributed by atoms with Crippen LogP contribution in [0, 0.1) is 5.92 Å². The van der Waals surface area contributed by atoms with Crippen LogP contribution in [0.5, 0.6) is 0 Å². The van der Waals surface area contributed by atoms with Crippen molar-refractivity contribution in [2.75, 3.05) is 11.4 Å². The molecule has 1 N–H and O–H groups in total. The fourth-order valence-electron chi connectivity index (χ4n) is 3.17. The van der Waals surface area contributed by atoms with Crippen LogP contribution in [-0.4, -0.2) is 18.4 Å². The van der Waals surface area contributed by atoms with E-state index in [4.69, 9.17) is 11.6 Å². The van der Waals surface area contributed by atoms with E-state index in [1.807, 2.05) is 26.0 Å². The van der Waals surface area contributed by atoms with Gasteiger partial charge in [-0.2, -0.15) is 0 Å². The van der Waals surface area contributed by atoms with Gasteiger partial charge in [-0.15, -0.1) is 0 Å². The minimum absolute atomic E-state index is 0.0154. The Balaban J connectivity index is 1.69. The lowest BCUT2D eigenvalue weighted by Gasteiger charge is -2.18. The molecule has 0 aliphatic carbocycles. The van der Waals surface area contributed by atoms with Gasteiger partial charge in [0.2, 0.25) is 5.91 Å². The van der Waals surface area contributed by atoms with Crippen molar-refractivity contribution >= 4 is 29.1 Å². The van der Waals surface area contributed by atoms with Gasteiger partial charge in [-0.3, -0.25) is 9.59 Å². The first-order valence-corrected chi connectivity index (χ1v) is 9.28. The summed E-state index contributed by atoms with van der Waals surface area (Å²) in [6.07, 6.45) is 1.36. The average molecular weight is 371 g/mol. The summed E-state index contributed by atoms with van der Waals surface area (Å²) in [5.41, 5.74) is 3.78. The highest BCUT2D eigenvalue weighted by Gasteiger charge is 2.25. The fraction of sp³-hybridized carbons (Fsp3) is 0.333. The molecule has 26 heavy (non-hydrogen) atoms. The van der Waals surface area contributed by atoms with Gasteiger partial charge in [0.15, 0.2) is 0 Å². The summed E-state index contributed by atoms with van der Waals surface area (Å²) in [4.78, 5) is 26.4. The maximum Gasteiger partial charge on any atom is 0.258 e. The molecule has 0 radical (unpaired) electrons. The molecule has 0 fully saturated rings. The Hall–Kier alpha value is -2.33. The van der Waals surface area contributed by atoms with Crippen LogP contribution in [0.15, 0.2) is 42.5 Å². The molecule has 0 aromatic heterocycles. The molecule has 1 heterocycles. The van der Waals surface area contributed by atoms with Crippen molar-refractivity contribution < 1.29 is 9.59 Å². The molecular weight excluding hydrogens is 348 g/mol. The predicted molar refractivity (Wildman–Crippen MR) is 105 cm³/mol. The number of halogens is 1. The van der Waals surface area contributed by atoms with Crippen molar-refractivity contribution in [3.05, 3.63) is 64.2 Å². The van der Waals surface area contributed by atoms with Crippen molar-refractivity contribution in [2.45, 2.75) is 33.2 Å². The second kappa shape index (κ2) is 7.92. The van der Waals surface area contributed by atoms with E-state index in [0.29, 0.717) is 36.0 Å². The summed E-state index contributed by atoms with van der Waals surface area (Å²) in [7, 11) is 0. The number of carbonyl (C=O) groups excluding carboxylic acids is 2. The van der Waals surface area contributed by atoms with Crippen LogP contribution in [-0.2, 0) is 17.8 Å². The molecule has 0 unspecified atom stereocenters. The molecule has 0 bridgehead atoms. The van der Waals surface area contributed by atoms with Crippen LogP contribution < -0.4 is 10.2 Å². The molecular formula is C21H23ClN2O2. The Morgan fingerprint density at radius 1 is 1.15 bits per heavy atom. The van der Waals surface area contributed by atoms with Crippen molar-refractivity contribution in [3.8, 4) is 0 Å². The maximum absolute atomic E-state index is 12.7. The Labute approximate surface area is 159 Å². The van der Waals surface area contributed by atoms with E-state index >= 15 is 0 Å². The van der Waals surface area contributed by atoms with Gasteiger partial charge in [-0.05, 0) is 53.8 Å². The molecule has 2 amide bonds. The third-order valence-electron chi connectivity index (χ3n) is 4.46. The highest BCUT2D eigenvalue weighted by molar-refractivity contribution is 6.30. The van der Waals surface area contributed by atoms with E-state index in [0.717, 1.165) is 23.2 Å². The summed E-state index contributed by atoms with van der Waals surface area (Å²) >= 11 is 5.90. The Kier molecular flexibility index (Phi) is 5.62. The van der Waals surface area contributed by atoms with Crippen LogP contribution in [0.25, 0.3) is 0 Å². The second-order valence-corrected chi connectivity index (χ2v) is 7.49. The van der Waals surface area contributed by atoms with Crippen LogP contribution in [0.2, 0.25) is 5.02 Å². The molecule has 2 aromatic rings. The molecule has 1 aliphatic rings. The van der Waals surface area contributed by atoms with Crippen molar-refractivity contribution in [1.29, 1.82) is 0 Å². The van der Waals surface area contributed by atoms with E-state index < -0.39 is 0 Å². The quantitative estimate of drug-likeness (QED) is 0.857. The number of amides is 2. The van der Waals surface area contributed by atoms with Crippen LogP contribution in [0.4, 0.5) is 5.69 Å². The first kappa shape index (κ1) is 18.5. The van der Waals surface area contributed by atoms with E-state index in [9.17, 15) is 9.59 Å². The predicted octanol–water partition coefficient (Wildman–Crippen LogP) is 4.21. The van der Waals surface area contributed by atoms with Crippen molar-refractivity contribution in [1.82, 2.24) is 5.32 Å². The molecule has 0 spiro atoms. The summed E-state index contributed by atoms with van der Waals surface area (Å²) in [5, 5.41) is 3.57. The Bertz CT molecular complexity index is 815. The molecule has 0 atom stereocenters. The molecule has 0 saturated heterocycles. The molecule has 136 valence electrons. The number of nitrogens with one attached hydrogen (secondary N) is 1. The van der Waals surface area contributed by atoms with E-state index in [2.05, 4.69) is 11.4 Å². The Morgan fingerprint density at radius 3 is 2.58 bits per heavy atom. The number of benzene rings is 2. The van der Waals surface area contributed by atoms with Gasteiger partial charge in [-0.25, -0.2) is 0 Å². The van der Waals surface area contributed by atoms with E-state index in [1.165, 1.54) is 0 Å². The first-order valence-electron chi connectivity index (χ1n) is 8.90. The lowest BCUT2D eigenvalue weighted by atomic mass is 10.1. The van der Waals surface area contributed by atoms with Crippen molar-refractivity contribution in [2.24, 2.45) is 5.92 Å². The van der Waals surface area contributed by atoms with Gasteiger partial charge in [0.25, 0.3) is 5.91 Å². The maximum atomic E-state index is 12.7. The zero-order chi connectivity index (χ0) is 18.7. The smallest absolute Gasteiger partial charge is 0.258 e. The molecule has 4 nitrogen and oxygen atoms in total. The zero-order valence-electron chi connectivity index (χ0n) is 15.1. The summed E-state index contributed by atoms with van der Waals surface area (Å²) < 4.78 is 0. The minimum Gasteiger partial charge on any atom is -0.352 e. The third kappa shape index (κ3) is 4.25.